The van der Waals surface area contributed by atoms with Gasteiger partial charge in [0.2, 0.25) is 0 Å². The molecule has 0 saturated carbocycles. The monoisotopic (exact) mass is 395 g/mol. The number of ether oxygens (including phenoxy) is 2. The third-order valence-electron chi connectivity index (χ3n) is 3.65. The van der Waals surface area contributed by atoms with E-state index in [0.717, 1.165) is 0 Å². The van der Waals surface area contributed by atoms with E-state index in [1.165, 1.54) is 24.1 Å². The molecule has 0 fully saturated rings. The van der Waals surface area contributed by atoms with E-state index in [0.29, 0.717) is 11.5 Å². The Bertz CT molecular complexity index is 980. The van der Waals surface area contributed by atoms with E-state index in [2.05, 4.69) is 5.10 Å². The minimum atomic E-state index is -1.71. The number of rotatable bonds is 6. The number of hydrogen-bond donors (Lipinski definition) is 1. The zero-order valence-electron chi connectivity index (χ0n) is 14.4. The number of aromatic nitrogens is 2. The van der Waals surface area contributed by atoms with Crippen molar-refractivity contribution in [1.82, 2.24) is 9.78 Å². The molecule has 1 amide bonds. The zero-order chi connectivity index (χ0) is 20.3. The van der Waals surface area contributed by atoms with Crippen molar-refractivity contribution in [2.24, 2.45) is 0 Å². The molecule has 0 unspecified atom stereocenters. The summed E-state index contributed by atoms with van der Waals surface area (Å²) in [6.45, 7) is -0.0586. The molecular weight excluding hydrogens is 382 g/mol. The van der Waals surface area contributed by atoms with Gasteiger partial charge in [-0.15, -0.1) is 0 Å². The summed E-state index contributed by atoms with van der Waals surface area (Å²) in [5.74, 6) is -6.57. The van der Waals surface area contributed by atoms with Crippen molar-refractivity contribution in [3.05, 3.63) is 71.6 Å². The molecule has 1 aromatic heterocycles. The van der Waals surface area contributed by atoms with Gasteiger partial charge in [-0.1, -0.05) is 0 Å². The van der Waals surface area contributed by atoms with Gasteiger partial charge in [0.05, 0.1) is 7.11 Å². The lowest BCUT2D eigenvalue weighted by Gasteiger charge is -2.08. The molecule has 0 saturated heterocycles. The number of methoxy groups -OCH3 is 1. The molecule has 3 aromatic rings. The van der Waals surface area contributed by atoms with Gasteiger partial charge in [0.1, 0.15) is 17.2 Å². The van der Waals surface area contributed by atoms with Crippen LogP contribution in [0.15, 0.2) is 42.6 Å². The summed E-state index contributed by atoms with van der Waals surface area (Å²) in [5, 5.41) is 5.66. The number of nitrogens with zero attached hydrogens (tertiary/aromatic N) is 2. The van der Waals surface area contributed by atoms with Crippen molar-refractivity contribution in [3.63, 3.8) is 0 Å². The Balaban J connectivity index is 1.67. The van der Waals surface area contributed by atoms with Gasteiger partial charge >= 0.3 is 0 Å². The standard InChI is InChI=1S/C18H13F4N3O3/c1-27-10-2-4-11(5-3-10)28-9-25-7-6-14(24-25)18(26)23-17-15(21)12(19)8-13(20)16(17)22/h2-8H,9H2,1H3,(H,23,26). The van der Waals surface area contributed by atoms with Crippen molar-refractivity contribution in [2.75, 3.05) is 12.4 Å². The van der Waals surface area contributed by atoms with Crippen molar-refractivity contribution in [2.45, 2.75) is 6.73 Å². The molecule has 0 bridgehead atoms. The van der Waals surface area contributed by atoms with Crippen LogP contribution in [0.25, 0.3) is 0 Å². The van der Waals surface area contributed by atoms with Gasteiger partial charge in [-0.3, -0.25) is 4.79 Å². The van der Waals surface area contributed by atoms with Crippen LogP contribution in [-0.2, 0) is 6.73 Å². The number of amides is 1. The van der Waals surface area contributed by atoms with Crippen LogP contribution < -0.4 is 14.8 Å². The highest BCUT2D eigenvalue weighted by molar-refractivity contribution is 6.02. The SMILES string of the molecule is COc1ccc(OCn2ccc(C(=O)Nc3c(F)c(F)cc(F)c3F)n2)cc1. The van der Waals surface area contributed by atoms with Gasteiger partial charge < -0.3 is 14.8 Å². The summed E-state index contributed by atoms with van der Waals surface area (Å²) in [4.78, 5) is 12.1. The Morgan fingerprint density at radius 1 is 1.04 bits per heavy atom. The second kappa shape index (κ2) is 7.99. The van der Waals surface area contributed by atoms with E-state index in [1.54, 1.807) is 29.6 Å². The molecule has 0 radical (unpaired) electrons. The first-order valence-electron chi connectivity index (χ1n) is 7.83. The van der Waals surface area contributed by atoms with E-state index >= 15 is 0 Å². The van der Waals surface area contributed by atoms with Crippen LogP contribution in [0.5, 0.6) is 11.5 Å². The number of anilines is 1. The number of benzene rings is 2. The fraction of sp³-hybridized carbons (Fsp3) is 0.111. The number of carbonyl (C=O) groups is 1. The zero-order valence-corrected chi connectivity index (χ0v) is 14.4. The molecule has 28 heavy (non-hydrogen) atoms. The fourth-order valence-corrected chi connectivity index (χ4v) is 2.23. The lowest BCUT2D eigenvalue weighted by molar-refractivity contribution is 0.101. The molecule has 0 atom stereocenters. The van der Waals surface area contributed by atoms with Crippen LogP contribution in [0.3, 0.4) is 0 Å². The van der Waals surface area contributed by atoms with Gasteiger partial charge in [-0.05, 0) is 30.3 Å². The third-order valence-corrected chi connectivity index (χ3v) is 3.65. The van der Waals surface area contributed by atoms with Crippen LogP contribution in [0.1, 0.15) is 10.5 Å². The second-order valence-electron chi connectivity index (χ2n) is 5.49. The van der Waals surface area contributed by atoms with Crippen molar-refractivity contribution >= 4 is 11.6 Å². The largest absolute Gasteiger partial charge is 0.497 e. The minimum absolute atomic E-state index is 0.0472. The van der Waals surface area contributed by atoms with Gasteiger partial charge in [0.25, 0.3) is 5.91 Å². The van der Waals surface area contributed by atoms with Crippen LogP contribution in [0.2, 0.25) is 0 Å². The smallest absolute Gasteiger partial charge is 0.276 e. The maximum absolute atomic E-state index is 13.6. The Morgan fingerprint density at radius 3 is 2.25 bits per heavy atom. The molecule has 0 spiro atoms. The van der Waals surface area contributed by atoms with E-state index in [9.17, 15) is 22.4 Å². The molecular formula is C18H13F4N3O3. The Labute approximate surface area is 156 Å². The predicted molar refractivity (Wildman–Crippen MR) is 90.1 cm³/mol. The summed E-state index contributed by atoms with van der Waals surface area (Å²) >= 11 is 0. The summed E-state index contributed by atoms with van der Waals surface area (Å²) in [5.41, 5.74) is -1.46. The number of halogens is 4. The first-order chi connectivity index (χ1) is 13.4. The summed E-state index contributed by atoms with van der Waals surface area (Å²) in [6.07, 6.45) is 1.39. The average molecular weight is 395 g/mol. The quantitative estimate of drug-likeness (QED) is 0.510. The van der Waals surface area contributed by atoms with Crippen LogP contribution >= 0.6 is 0 Å². The molecule has 10 heteroatoms. The molecule has 6 nitrogen and oxygen atoms in total. The molecule has 0 aliphatic heterocycles. The highest BCUT2D eigenvalue weighted by atomic mass is 19.2. The Hall–Kier alpha value is -3.56. The topological polar surface area (TPSA) is 65.4 Å². The first kappa shape index (κ1) is 19.2. The molecule has 1 N–H and O–H groups in total. The van der Waals surface area contributed by atoms with Crippen molar-refractivity contribution < 1.29 is 31.8 Å². The fourth-order valence-electron chi connectivity index (χ4n) is 2.23. The maximum atomic E-state index is 13.6. The van der Waals surface area contributed by atoms with Crippen molar-refractivity contribution in [3.8, 4) is 11.5 Å². The van der Waals surface area contributed by atoms with Gasteiger partial charge in [0, 0.05) is 12.3 Å². The van der Waals surface area contributed by atoms with Crippen molar-refractivity contribution in [1.29, 1.82) is 0 Å². The number of nitrogens with one attached hydrogen (secondary N) is 1. The van der Waals surface area contributed by atoms with Crippen LogP contribution in [0.4, 0.5) is 23.2 Å². The highest BCUT2D eigenvalue weighted by Gasteiger charge is 2.22. The van der Waals surface area contributed by atoms with E-state index in [-0.39, 0.29) is 18.5 Å². The number of hydrogen-bond acceptors (Lipinski definition) is 4. The third kappa shape index (κ3) is 4.05. The lowest BCUT2D eigenvalue weighted by Crippen LogP contribution is -2.17. The summed E-state index contributed by atoms with van der Waals surface area (Å²) in [7, 11) is 1.53. The number of carbonyl (C=O) groups excluding carboxylic acids is 1. The molecule has 0 aliphatic carbocycles. The molecule has 146 valence electrons. The van der Waals surface area contributed by atoms with E-state index in [4.69, 9.17) is 9.47 Å². The van der Waals surface area contributed by atoms with Crippen LogP contribution in [0, 0.1) is 23.3 Å². The predicted octanol–water partition coefficient (Wildman–Crippen LogP) is 3.74. The second-order valence-corrected chi connectivity index (χ2v) is 5.49. The maximum Gasteiger partial charge on any atom is 0.276 e. The minimum Gasteiger partial charge on any atom is -0.497 e. The molecule has 3 rings (SSSR count). The van der Waals surface area contributed by atoms with E-state index < -0.39 is 34.9 Å². The normalized spacial score (nSPS) is 10.6. The molecule has 0 aliphatic rings. The van der Waals surface area contributed by atoms with Crippen LogP contribution in [-0.4, -0.2) is 22.8 Å². The summed E-state index contributed by atoms with van der Waals surface area (Å²) in [6, 6.07) is 8.01. The van der Waals surface area contributed by atoms with Gasteiger partial charge in [0.15, 0.2) is 35.7 Å². The lowest BCUT2D eigenvalue weighted by atomic mass is 10.2. The average Bonchev–Trinajstić information content (AvgIpc) is 3.17. The molecule has 2 aromatic carbocycles. The van der Waals surface area contributed by atoms with Gasteiger partial charge in [-0.25, -0.2) is 22.2 Å². The first-order valence-corrected chi connectivity index (χ1v) is 7.83. The molecule has 1 heterocycles. The summed E-state index contributed by atoms with van der Waals surface area (Å²) < 4.78 is 65.4. The van der Waals surface area contributed by atoms with E-state index in [1.807, 2.05) is 0 Å². The Kier molecular flexibility index (Phi) is 5.48. The Morgan fingerprint density at radius 2 is 1.64 bits per heavy atom. The van der Waals surface area contributed by atoms with Gasteiger partial charge in [-0.2, -0.15) is 5.10 Å². The highest BCUT2D eigenvalue weighted by Crippen LogP contribution is 2.24.